The van der Waals surface area contributed by atoms with Gasteiger partial charge in [-0.2, -0.15) is 0 Å². The second-order valence-electron chi connectivity index (χ2n) is 5.47. The van der Waals surface area contributed by atoms with Crippen molar-refractivity contribution >= 4 is 23.5 Å². The van der Waals surface area contributed by atoms with E-state index in [1.165, 1.54) is 4.90 Å². The lowest BCUT2D eigenvalue weighted by Gasteiger charge is -2.16. The molecule has 1 amide bonds. The van der Waals surface area contributed by atoms with Crippen LogP contribution in [0.2, 0.25) is 5.02 Å². The number of hydrogen-bond donors (Lipinski definition) is 1. The summed E-state index contributed by atoms with van der Waals surface area (Å²) >= 11 is 5.92. The number of aliphatic carboxylic acids is 1. The summed E-state index contributed by atoms with van der Waals surface area (Å²) in [6.45, 7) is 3.98. The molecule has 23 heavy (non-hydrogen) atoms. The third kappa shape index (κ3) is 3.74. The van der Waals surface area contributed by atoms with E-state index >= 15 is 0 Å². The number of aromatic nitrogens is 1. The average molecular weight is 335 g/mol. The summed E-state index contributed by atoms with van der Waals surface area (Å²) in [7, 11) is 1.61. The number of carboxylic acid groups (broad SMARTS) is 1. The SMILES string of the molecule is Cc1cc(C(=O)N(C)CCC(=O)O)c(C)n1-c1ccc(Cl)cc1. The Hall–Kier alpha value is -2.27. The maximum absolute atomic E-state index is 12.5. The van der Waals surface area contributed by atoms with Crippen LogP contribution < -0.4 is 0 Å². The van der Waals surface area contributed by atoms with Gasteiger partial charge in [-0.05, 0) is 44.2 Å². The first kappa shape index (κ1) is 17.1. The van der Waals surface area contributed by atoms with Crippen LogP contribution >= 0.6 is 11.6 Å². The molecule has 0 fully saturated rings. The van der Waals surface area contributed by atoms with Gasteiger partial charge in [0.2, 0.25) is 0 Å². The van der Waals surface area contributed by atoms with Gasteiger partial charge in [-0.3, -0.25) is 9.59 Å². The molecule has 0 atom stereocenters. The van der Waals surface area contributed by atoms with Gasteiger partial charge >= 0.3 is 5.97 Å². The van der Waals surface area contributed by atoms with Crippen LogP contribution in [-0.2, 0) is 4.79 Å². The molecule has 0 unspecified atom stereocenters. The molecular formula is C17H19ClN2O3. The molecule has 0 saturated carbocycles. The Bertz CT molecular complexity index is 735. The van der Waals surface area contributed by atoms with Crippen LogP contribution in [-0.4, -0.2) is 40.0 Å². The molecule has 1 heterocycles. The molecule has 0 saturated heterocycles. The van der Waals surface area contributed by atoms with Crippen LogP contribution in [0.5, 0.6) is 0 Å². The zero-order valence-electron chi connectivity index (χ0n) is 13.3. The standard InChI is InChI=1S/C17H19ClN2O3/c1-11-10-15(17(23)19(3)9-8-16(21)22)12(2)20(11)14-6-4-13(18)5-7-14/h4-7,10H,8-9H2,1-3H3,(H,21,22). The molecule has 0 spiro atoms. The number of benzene rings is 1. The van der Waals surface area contributed by atoms with Gasteiger partial charge in [-0.1, -0.05) is 11.6 Å². The number of nitrogens with zero attached hydrogens (tertiary/aromatic N) is 2. The van der Waals surface area contributed by atoms with Gasteiger partial charge in [0.1, 0.15) is 0 Å². The topological polar surface area (TPSA) is 62.5 Å². The summed E-state index contributed by atoms with van der Waals surface area (Å²) in [5.41, 5.74) is 3.25. The number of aryl methyl sites for hydroxylation is 1. The van der Waals surface area contributed by atoms with Gasteiger partial charge in [0, 0.05) is 35.7 Å². The lowest BCUT2D eigenvalue weighted by Crippen LogP contribution is -2.29. The largest absolute Gasteiger partial charge is 0.481 e. The number of carbonyl (C=O) groups is 2. The normalized spacial score (nSPS) is 10.6. The van der Waals surface area contributed by atoms with Gasteiger partial charge in [0.05, 0.1) is 12.0 Å². The molecule has 1 N–H and O–H groups in total. The van der Waals surface area contributed by atoms with Gasteiger partial charge in [-0.15, -0.1) is 0 Å². The first-order valence-corrected chi connectivity index (χ1v) is 7.61. The minimum atomic E-state index is -0.920. The minimum Gasteiger partial charge on any atom is -0.481 e. The summed E-state index contributed by atoms with van der Waals surface area (Å²) in [6, 6.07) is 9.21. The Morgan fingerprint density at radius 2 is 1.83 bits per heavy atom. The highest BCUT2D eigenvalue weighted by Crippen LogP contribution is 2.23. The highest BCUT2D eigenvalue weighted by atomic mass is 35.5. The molecule has 0 bridgehead atoms. The van der Waals surface area contributed by atoms with Crippen LogP contribution in [0.25, 0.3) is 5.69 Å². The molecule has 0 aliphatic carbocycles. The molecule has 0 aliphatic heterocycles. The zero-order chi connectivity index (χ0) is 17.1. The Morgan fingerprint density at radius 3 is 2.39 bits per heavy atom. The van der Waals surface area contributed by atoms with Crippen molar-refractivity contribution in [2.45, 2.75) is 20.3 Å². The van der Waals surface area contributed by atoms with Crippen LogP contribution in [0, 0.1) is 13.8 Å². The van der Waals surface area contributed by atoms with Crippen molar-refractivity contribution < 1.29 is 14.7 Å². The number of halogens is 1. The summed E-state index contributed by atoms with van der Waals surface area (Å²) < 4.78 is 1.98. The molecule has 0 aliphatic rings. The van der Waals surface area contributed by atoms with Gasteiger partial charge in [-0.25, -0.2) is 0 Å². The summed E-state index contributed by atoms with van der Waals surface area (Å²) in [6.07, 6.45) is -0.0713. The lowest BCUT2D eigenvalue weighted by atomic mass is 10.2. The van der Waals surface area contributed by atoms with Crippen molar-refractivity contribution in [2.24, 2.45) is 0 Å². The van der Waals surface area contributed by atoms with Crippen LogP contribution in [0.3, 0.4) is 0 Å². The van der Waals surface area contributed by atoms with Crippen LogP contribution in [0.1, 0.15) is 28.2 Å². The second kappa shape index (κ2) is 6.87. The molecule has 2 rings (SSSR count). The molecule has 1 aromatic carbocycles. The number of carbonyl (C=O) groups excluding carboxylic acids is 1. The Kier molecular flexibility index (Phi) is 5.11. The van der Waals surface area contributed by atoms with Crippen molar-refractivity contribution in [3.05, 3.63) is 52.3 Å². The summed E-state index contributed by atoms with van der Waals surface area (Å²) in [4.78, 5) is 24.6. The van der Waals surface area contributed by atoms with Gasteiger partial charge in [0.15, 0.2) is 0 Å². The number of carboxylic acids is 1. The quantitative estimate of drug-likeness (QED) is 0.912. The van der Waals surface area contributed by atoms with Crippen molar-refractivity contribution in [1.29, 1.82) is 0 Å². The number of rotatable bonds is 5. The lowest BCUT2D eigenvalue weighted by molar-refractivity contribution is -0.137. The van der Waals surface area contributed by atoms with E-state index in [1.54, 1.807) is 19.2 Å². The predicted octanol–water partition coefficient (Wildman–Crippen LogP) is 3.29. The molecule has 6 heteroatoms. The van der Waals surface area contributed by atoms with E-state index in [1.807, 2.05) is 36.6 Å². The first-order chi connectivity index (χ1) is 10.8. The summed E-state index contributed by atoms with van der Waals surface area (Å²) in [5, 5.41) is 9.39. The second-order valence-corrected chi connectivity index (χ2v) is 5.90. The van der Waals surface area contributed by atoms with Crippen molar-refractivity contribution in [3.63, 3.8) is 0 Å². The van der Waals surface area contributed by atoms with E-state index in [4.69, 9.17) is 16.7 Å². The third-order valence-electron chi connectivity index (χ3n) is 3.75. The van der Waals surface area contributed by atoms with E-state index in [9.17, 15) is 9.59 Å². The first-order valence-electron chi connectivity index (χ1n) is 7.23. The third-order valence-corrected chi connectivity index (χ3v) is 4.01. The smallest absolute Gasteiger partial charge is 0.305 e. The van der Waals surface area contributed by atoms with E-state index in [-0.39, 0.29) is 18.9 Å². The summed E-state index contributed by atoms with van der Waals surface area (Å²) in [5.74, 6) is -1.10. The Balaban J connectivity index is 2.31. The van der Waals surface area contributed by atoms with Crippen molar-refractivity contribution in [3.8, 4) is 5.69 Å². The fourth-order valence-electron chi connectivity index (χ4n) is 2.54. The molecule has 2 aromatic rings. The van der Waals surface area contributed by atoms with Gasteiger partial charge < -0.3 is 14.6 Å². The van der Waals surface area contributed by atoms with E-state index < -0.39 is 5.97 Å². The monoisotopic (exact) mass is 334 g/mol. The van der Waals surface area contributed by atoms with Crippen LogP contribution in [0.4, 0.5) is 0 Å². The zero-order valence-corrected chi connectivity index (χ0v) is 14.1. The average Bonchev–Trinajstić information content (AvgIpc) is 2.80. The molecule has 122 valence electrons. The Labute approximate surface area is 140 Å². The Morgan fingerprint density at radius 1 is 1.22 bits per heavy atom. The van der Waals surface area contributed by atoms with E-state index in [0.717, 1.165) is 17.1 Å². The number of hydrogen-bond acceptors (Lipinski definition) is 2. The predicted molar refractivity (Wildman–Crippen MR) is 89.5 cm³/mol. The van der Waals surface area contributed by atoms with E-state index in [0.29, 0.717) is 10.6 Å². The highest BCUT2D eigenvalue weighted by Gasteiger charge is 2.20. The fourth-order valence-corrected chi connectivity index (χ4v) is 2.66. The van der Waals surface area contributed by atoms with Gasteiger partial charge in [0.25, 0.3) is 5.91 Å². The molecule has 5 nitrogen and oxygen atoms in total. The highest BCUT2D eigenvalue weighted by molar-refractivity contribution is 6.30. The molecular weight excluding hydrogens is 316 g/mol. The number of amides is 1. The van der Waals surface area contributed by atoms with Crippen LogP contribution in [0.15, 0.2) is 30.3 Å². The molecule has 1 aromatic heterocycles. The molecule has 0 radical (unpaired) electrons. The minimum absolute atomic E-state index is 0.0713. The van der Waals surface area contributed by atoms with Crippen molar-refractivity contribution in [2.75, 3.05) is 13.6 Å². The maximum atomic E-state index is 12.5. The van der Waals surface area contributed by atoms with Crippen molar-refractivity contribution in [1.82, 2.24) is 9.47 Å². The maximum Gasteiger partial charge on any atom is 0.305 e. The fraction of sp³-hybridized carbons (Fsp3) is 0.294. The van der Waals surface area contributed by atoms with E-state index in [2.05, 4.69) is 0 Å².